The van der Waals surface area contributed by atoms with E-state index in [1.54, 1.807) is 0 Å². The second-order valence-electron chi connectivity index (χ2n) is 4.30. The summed E-state index contributed by atoms with van der Waals surface area (Å²) in [6.07, 6.45) is 0.548. The largest absolute Gasteiger partial charge is 0.299 e. The highest BCUT2D eigenvalue weighted by Crippen LogP contribution is 2.16. The first-order chi connectivity index (χ1) is 7.00. The highest BCUT2D eigenvalue weighted by atomic mass is 79.9. The number of Topliss-reactive ketones (excluding diaryl/α,β-unsaturated/α-hetero) is 1. The van der Waals surface area contributed by atoms with Crippen LogP contribution in [0.25, 0.3) is 0 Å². The molecular formula is C13H17BrO. The van der Waals surface area contributed by atoms with E-state index < -0.39 is 0 Å². The van der Waals surface area contributed by atoms with Crippen molar-refractivity contribution in [3.8, 4) is 0 Å². The van der Waals surface area contributed by atoms with Gasteiger partial charge in [-0.15, -0.1) is 0 Å². The summed E-state index contributed by atoms with van der Waals surface area (Å²) in [6.45, 7) is 6.18. The van der Waals surface area contributed by atoms with E-state index in [1.165, 1.54) is 0 Å². The third-order valence-corrected chi connectivity index (χ3v) is 3.33. The zero-order valence-corrected chi connectivity index (χ0v) is 11.0. The molecule has 1 unspecified atom stereocenters. The van der Waals surface area contributed by atoms with Gasteiger partial charge in [0.15, 0.2) is 0 Å². The van der Waals surface area contributed by atoms with Crippen molar-refractivity contribution >= 4 is 21.7 Å². The number of halogens is 1. The van der Waals surface area contributed by atoms with Gasteiger partial charge in [0.2, 0.25) is 0 Å². The maximum Gasteiger partial charge on any atom is 0.140 e. The average molecular weight is 269 g/mol. The zero-order valence-electron chi connectivity index (χ0n) is 9.46. The third-order valence-electron chi connectivity index (χ3n) is 2.80. The van der Waals surface area contributed by atoms with Gasteiger partial charge in [0, 0.05) is 16.8 Å². The molecule has 2 heteroatoms. The summed E-state index contributed by atoms with van der Waals surface area (Å²) in [5.74, 6) is 0.897. The van der Waals surface area contributed by atoms with Crippen molar-refractivity contribution < 1.29 is 4.79 Å². The first-order valence-corrected chi connectivity index (χ1v) is 6.07. The molecular weight excluding hydrogens is 252 g/mol. The van der Waals surface area contributed by atoms with Crippen LogP contribution in [0.2, 0.25) is 0 Å². The molecule has 0 saturated heterocycles. The number of hydrogen-bond acceptors (Lipinski definition) is 1. The van der Waals surface area contributed by atoms with Crippen LogP contribution in [-0.2, 0) is 11.2 Å². The zero-order chi connectivity index (χ0) is 11.4. The lowest BCUT2D eigenvalue weighted by atomic mass is 9.90. The maximum absolute atomic E-state index is 11.8. The molecule has 1 aromatic carbocycles. The number of carbonyl (C=O) groups excluding carboxylic acids is 1. The van der Waals surface area contributed by atoms with Gasteiger partial charge >= 0.3 is 0 Å². The molecule has 0 aromatic heterocycles. The number of benzene rings is 1. The van der Waals surface area contributed by atoms with Gasteiger partial charge < -0.3 is 0 Å². The Morgan fingerprint density at radius 3 is 2.20 bits per heavy atom. The summed E-state index contributed by atoms with van der Waals surface area (Å²) in [6, 6.07) is 7.94. The molecule has 0 aliphatic carbocycles. The van der Waals surface area contributed by atoms with Gasteiger partial charge in [-0.25, -0.2) is 0 Å². The summed E-state index contributed by atoms with van der Waals surface area (Å²) in [5.41, 5.74) is 1.09. The van der Waals surface area contributed by atoms with Gasteiger partial charge in [-0.3, -0.25) is 4.79 Å². The molecule has 0 saturated carbocycles. The van der Waals surface area contributed by atoms with Crippen molar-refractivity contribution in [1.82, 2.24) is 0 Å². The topological polar surface area (TPSA) is 17.1 Å². The van der Waals surface area contributed by atoms with Gasteiger partial charge in [0.1, 0.15) is 5.78 Å². The molecule has 0 aliphatic heterocycles. The summed E-state index contributed by atoms with van der Waals surface area (Å²) in [7, 11) is 0. The highest BCUT2D eigenvalue weighted by molar-refractivity contribution is 9.10. The van der Waals surface area contributed by atoms with Crippen molar-refractivity contribution in [2.45, 2.75) is 27.2 Å². The predicted octanol–water partition coefficient (Wildman–Crippen LogP) is 3.85. The molecule has 0 fully saturated rings. The quantitative estimate of drug-likeness (QED) is 0.811. The lowest BCUT2D eigenvalue weighted by Crippen LogP contribution is -2.18. The summed E-state index contributed by atoms with van der Waals surface area (Å²) >= 11 is 3.38. The normalized spacial score (nSPS) is 12.9. The van der Waals surface area contributed by atoms with E-state index in [0.717, 1.165) is 10.0 Å². The molecule has 1 atom stereocenters. The van der Waals surface area contributed by atoms with Crippen molar-refractivity contribution in [2.75, 3.05) is 0 Å². The van der Waals surface area contributed by atoms with E-state index in [4.69, 9.17) is 0 Å². The lowest BCUT2D eigenvalue weighted by molar-refractivity contribution is -0.122. The Balaban J connectivity index is 2.62. The maximum atomic E-state index is 11.8. The van der Waals surface area contributed by atoms with Crippen molar-refractivity contribution in [3.05, 3.63) is 34.3 Å². The minimum atomic E-state index is 0.147. The number of carbonyl (C=O) groups is 1. The molecule has 1 aromatic rings. The van der Waals surface area contributed by atoms with Gasteiger partial charge in [-0.1, -0.05) is 48.8 Å². The first-order valence-electron chi connectivity index (χ1n) is 5.28. The number of ketones is 1. The molecule has 1 rings (SSSR count). The Kier molecular flexibility index (Phi) is 4.52. The number of hydrogen-bond donors (Lipinski definition) is 0. The van der Waals surface area contributed by atoms with Crippen molar-refractivity contribution in [2.24, 2.45) is 11.8 Å². The van der Waals surface area contributed by atoms with Crippen LogP contribution in [0.3, 0.4) is 0 Å². The van der Waals surface area contributed by atoms with E-state index in [0.29, 0.717) is 18.1 Å². The third kappa shape index (κ3) is 3.78. The summed E-state index contributed by atoms with van der Waals surface area (Å²) < 4.78 is 1.05. The van der Waals surface area contributed by atoms with E-state index in [2.05, 4.69) is 29.8 Å². The SMILES string of the molecule is CC(C)C(C)C(=O)Cc1ccc(Br)cc1. The first kappa shape index (κ1) is 12.4. The van der Waals surface area contributed by atoms with Crippen LogP contribution in [0.15, 0.2) is 28.7 Å². The van der Waals surface area contributed by atoms with E-state index in [9.17, 15) is 4.79 Å². The lowest BCUT2D eigenvalue weighted by Gasteiger charge is -2.13. The molecule has 82 valence electrons. The Morgan fingerprint density at radius 2 is 1.73 bits per heavy atom. The minimum Gasteiger partial charge on any atom is -0.299 e. The predicted molar refractivity (Wildman–Crippen MR) is 66.9 cm³/mol. The Morgan fingerprint density at radius 1 is 1.20 bits per heavy atom. The second kappa shape index (κ2) is 5.45. The van der Waals surface area contributed by atoms with Crippen molar-refractivity contribution in [3.63, 3.8) is 0 Å². The average Bonchev–Trinajstić information content (AvgIpc) is 2.20. The fourth-order valence-electron chi connectivity index (χ4n) is 1.34. The second-order valence-corrected chi connectivity index (χ2v) is 5.22. The molecule has 0 amide bonds. The van der Waals surface area contributed by atoms with Crippen LogP contribution in [0.4, 0.5) is 0 Å². The molecule has 0 bridgehead atoms. The summed E-state index contributed by atoms with van der Waals surface area (Å²) in [5, 5.41) is 0. The van der Waals surface area contributed by atoms with Gasteiger partial charge in [-0.2, -0.15) is 0 Å². The smallest absolute Gasteiger partial charge is 0.140 e. The molecule has 0 radical (unpaired) electrons. The fourth-order valence-corrected chi connectivity index (χ4v) is 1.60. The van der Waals surface area contributed by atoms with Crippen LogP contribution in [-0.4, -0.2) is 5.78 Å². The van der Waals surface area contributed by atoms with Crippen LogP contribution < -0.4 is 0 Å². The van der Waals surface area contributed by atoms with Crippen molar-refractivity contribution in [1.29, 1.82) is 0 Å². The van der Waals surface area contributed by atoms with Gasteiger partial charge in [0.05, 0.1) is 0 Å². The van der Waals surface area contributed by atoms with Gasteiger partial charge in [-0.05, 0) is 23.6 Å². The molecule has 0 aliphatic rings. The molecule has 0 heterocycles. The molecule has 15 heavy (non-hydrogen) atoms. The summed E-state index contributed by atoms with van der Waals surface area (Å²) in [4.78, 5) is 11.8. The molecule has 0 spiro atoms. The monoisotopic (exact) mass is 268 g/mol. The van der Waals surface area contributed by atoms with E-state index in [1.807, 2.05) is 31.2 Å². The minimum absolute atomic E-state index is 0.147. The number of rotatable bonds is 4. The van der Waals surface area contributed by atoms with Crippen LogP contribution in [0, 0.1) is 11.8 Å². The van der Waals surface area contributed by atoms with Crippen LogP contribution in [0.1, 0.15) is 26.3 Å². The van der Waals surface area contributed by atoms with Crippen LogP contribution in [0.5, 0.6) is 0 Å². The van der Waals surface area contributed by atoms with Crippen LogP contribution >= 0.6 is 15.9 Å². The Hall–Kier alpha value is -0.630. The Bertz CT molecular complexity index is 327. The molecule has 1 nitrogen and oxygen atoms in total. The fraction of sp³-hybridized carbons (Fsp3) is 0.462. The highest BCUT2D eigenvalue weighted by Gasteiger charge is 2.16. The molecule has 0 N–H and O–H groups in total. The standard InChI is InChI=1S/C13H17BrO/c1-9(2)10(3)13(15)8-11-4-6-12(14)7-5-11/h4-7,9-10H,8H2,1-3H3. The van der Waals surface area contributed by atoms with E-state index >= 15 is 0 Å². The van der Waals surface area contributed by atoms with Gasteiger partial charge in [0.25, 0.3) is 0 Å². The van der Waals surface area contributed by atoms with E-state index in [-0.39, 0.29) is 5.92 Å². The Labute approximate surface area is 100 Å².